The molecule has 0 radical (unpaired) electrons. The van der Waals surface area contributed by atoms with Crippen molar-refractivity contribution in [2.24, 2.45) is 5.73 Å². The number of hydrogen-bond donors (Lipinski definition) is 4. The molecule has 7 heteroatoms. The van der Waals surface area contributed by atoms with Crippen LogP contribution in [0.25, 0.3) is 0 Å². The van der Waals surface area contributed by atoms with Crippen molar-refractivity contribution >= 4 is 13.0 Å². The minimum absolute atomic E-state index is 0.0228. The number of benzene rings is 2. The van der Waals surface area contributed by atoms with Crippen LogP contribution in [0.1, 0.15) is 57.3 Å². The second-order valence-corrected chi connectivity index (χ2v) is 7.99. The monoisotopic (exact) mass is 393 g/mol. The highest BCUT2D eigenvalue weighted by Gasteiger charge is 2.35. The summed E-state index contributed by atoms with van der Waals surface area (Å²) in [6.07, 6.45) is 2.61. The lowest BCUT2D eigenvalue weighted by atomic mass is 9.70. The van der Waals surface area contributed by atoms with E-state index in [4.69, 9.17) is 5.73 Å². The summed E-state index contributed by atoms with van der Waals surface area (Å²) < 4.78 is 0. The molecule has 5 N–H and O–H groups in total. The van der Waals surface area contributed by atoms with E-state index in [-0.39, 0.29) is 5.91 Å². The third-order valence-electron chi connectivity index (χ3n) is 6.23. The zero-order chi connectivity index (χ0) is 20.4. The van der Waals surface area contributed by atoms with Gasteiger partial charge in [-0.2, -0.15) is 0 Å². The fraction of sp³-hybridized carbons (Fsp3) is 0.409. The topological polar surface area (TPSA) is 98.8 Å². The van der Waals surface area contributed by atoms with E-state index in [1.165, 1.54) is 5.56 Å². The summed E-state index contributed by atoms with van der Waals surface area (Å²) in [4.78, 5) is 15.2. The molecule has 1 saturated heterocycles. The Morgan fingerprint density at radius 2 is 1.93 bits per heavy atom. The predicted octanol–water partition coefficient (Wildman–Crippen LogP) is 1.36. The Hall–Kier alpha value is -2.19. The van der Waals surface area contributed by atoms with Crippen LogP contribution in [-0.2, 0) is 13.0 Å². The molecular weight excluding hydrogens is 365 g/mol. The lowest BCUT2D eigenvalue weighted by Crippen LogP contribution is -2.43. The highest BCUT2D eigenvalue weighted by molar-refractivity contribution is 6.43. The third kappa shape index (κ3) is 4.09. The van der Waals surface area contributed by atoms with Crippen molar-refractivity contribution in [1.29, 1.82) is 0 Å². The van der Waals surface area contributed by atoms with Crippen LogP contribution in [0.4, 0.5) is 0 Å². The van der Waals surface area contributed by atoms with Gasteiger partial charge >= 0.3 is 7.12 Å². The number of nitrogens with one attached hydrogen (secondary N) is 1. The van der Waals surface area contributed by atoms with Crippen molar-refractivity contribution in [3.8, 4) is 0 Å². The maximum absolute atomic E-state index is 13.3. The Kier molecular flexibility index (Phi) is 6.01. The fourth-order valence-corrected chi connectivity index (χ4v) is 4.66. The average molecular weight is 393 g/mol. The second kappa shape index (κ2) is 8.67. The maximum Gasteiger partial charge on any atom is 0.474 e. The van der Waals surface area contributed by atoms with Gasteiger partial charge in [-0.3, -0.25) is 4.79 Å². The van der Waals surface area contributed by atoms with E-state index in [2.05, 4.69) is 23.5 Å². The van der Waals surface area contributed by atoms with E-state index < -0.39 is 13.1 Å². The van der Waals surface area contributed by atoms with Crippen molar-refractivity contribution in [2.45, 2.75) is 37.7 Å². The molecule has 0 spiro atoms. The fourth-order valence-electron chi connectivity index (χ4n) is 4.66. The van der Waals surface area contributed by atoms with Gasteiger partial charge in [-0.1, -0.05) is 36.4 Å². The van der Waals surface area contributed by atoms with Crippen molar-refractivity contribution in [3.05, 3.63) is 70.3 Å². The Labute approximate surface area is 171 Å². The van der Waals surface area contributed by atoms with Gasteiger partial charge in [0.1, 0.15) is 0 Å². The molecule has 1 fully saturated rings. The average Bonchev–Trinajstić information content (AvgIpc) is 2.77. The van der Waals surface area contributed by atoms with E-state index in [9.17, 15) is 14.8 Å². The molecule has 6 nitrogen and oxygen atoms in total. The zero-order valence-corrected chi connectivity index (χ0v) is 16.6. The molecule has 2 aliphatic rings. The first-order valence-corrected chi connectivity index (χ1v) is 10.4. The molecule has 4 rings (SSSR count). The number of likely N-dealkylation sites (tertiary alicyclic amines) is 1. The molecule has 0 aliphatic carbocycles. The first-order valence-electron chi connectivity index (χ1n) is 10.4. The predicted molar refractivity (Wildman–Crippen MR) is 113 cm³/mol. The van der Waals surface area contributed by atoms with Gasteiger partial charge in [-0.25, -0.2) is 0 Å². The number of fused-ring (bicyclic) bond motifs is 1. The van der Waals surface area contributed by atoms with Gasteiger partial charge in [0.05, 0.1) is 5.94 Å². The molecule has 1 atom stereocenters. The van der Waals surface area contributed by atoms with Crippen molar-refractivity contribution in [3.63, 3.8) is 0 Å². The molecule has 0 saturated carbocycles. The van der Waals surface area contributed by atoms with Crippen molar-refractivity contribution in [1.82, 2.24) is 10.2 Å². The highest BCUT2D eigenvalue weighted by Crippen LogP contribution is 2.32. The maximum atomic E-state index is 13.3. The minimum Gasteiger partial charge on any atom is -0.426 e. The van der Waals surface area contributed by atoms with E-state index in [1.807, 2.05) is 23.1 Å². The summed E-state index contributed by atoms with van der Waals surface area (Å²) in [5.74, 6) is -0.218. The SMILES string of the molecule is NCc1cccc(C2CCN(C(=O)c3cccc4c3C(B(O)O)NCC4)CC2)c1. The standard InChI is InChI=1S/C22H28BN3O3/c24-14-15-3-1-5-18(13-15)16-8-11-26(12-9-16)22(27)19-6-2-4-17-7-10-25-21(20(17)19)23(28)29/h1-6,13,16,21,25,28-29H,7-12,14,24H2. The van der Waals surface area contributed by atoms with Gasteiger partial charge in [0.2, 0.25) is 0 Å². The Morgan fingerprint density at radius 3 is 2.66 bits per heavy atom. The van der Waals surface area contributed by atoms with Gasteiger partial charge in [0.15, 0.2) is 0 Å². The van der Waals surface area contributed by atoms with Gasteiger partial charge in [0.25, 0.3) is 5.91 Å². The lowest BCUT2D eigenvalue weighted by Gasteiger charge is -2.34. The van der Waals surface area contributed by atoms with Crippen LogP contribution in [0.5, 0.6) is 0 Å². The minimum atomic E-state index is -1.54. The molecule has 1 amide bonds. The summed E-state index contributed by atoms with van der Waals surface area (Å²) in [5.41, 5.74) is 10.5. The molecule has 29 heavy (non-hydrogen) atoms. The van der Waals surface area contributed by atoms with E-state index >= 15 is 0 Å². The molecule has 2 aliphatic heterocycles. The summed E-state index contributed by atoms with van der Waals surface area (Å²) in [6, 6.07) is 14.1. The number of piperidine rings is 1. The molecule has 2 aromatic rings. The van der Waals surface area contributed by atoms with Crippen LogP contribution in [0.2, 0.25) is 0 Å². The van der Waals surface area contributed by atoms with E-state index in [1.54, 1.807) is 6.07 Å². The lowest BCUT2D eigenvalue weighted by molar-refractivity contribution is 0.0711. The smallest absolute Gasteiger partial charge is 0.426 e. The van der Waals surface area contributed by atoms with Crippen LogP contribution in [0.3, 0.4) is 0 Å². The summed E-state index contributed by atoms with van der Waals surface area (Å²) >= 11 is 0. The summed E-state index contributed by atoms with van der Waals surface area (Å²) in [7, 11) is -1.54. The zero-order valence-electron chi connectivity index (χ0n) is 16.6. The molecule has 1 unspecified atom stereocenters. The van der Waals surface area contributed by atoms with E-state index in [0.717, 1.165) is 36.0 Å². The third-order valence-corrected chi connectivity index (χ3v) is 6.23. The van der Waals surface area contributed by atoms with Crippen LogP contribution in [-0.4, -0.2) is 47.6 Å². The molecule has 0 bridgehead atoms. The van der Waals surface area contributed by atoms with Crippen LogP contribution >= 0.6 is 0 Å². The number of carbonyl (C=O) groups is 1. The number of hydrogen-bond acceptors (Lipinski definition) is 5. The van der Waals surface area contributed by atoms with Gasteiger partial charge < -0.3 is 26.0 Å². The van der Waals surface area contributed by atoms with Gasteiger partial charge in [0, 0.05) is 25.2 Å². The van der Waals surface area contributed by atoms with Crippen LogP contribution < -0.4 is 11.1 Å². The Bertz CT molecular complexity index is 881. The van der Waals surface area contributed by atoms with Crippen LogP contribution in [0, 0.1) is 0 Å². The largest absolute Gasteiger partial charge is 0.474 e. The molecule has 152 valence electrons. The van der Waals surface area contributed by atoms with E-state index in [0.29, 0.717) is 37.7 Å². The van der Waals surface area contributed by atoms with Crippen molar-refractivity contribution in [2.75, 3.05) is 19.6 Å². The van der Waals surface area contributed by atoms with Crippen molar-refractivity contribution < 1.29 is 14.8 Å². The first-order chi connectivity index (χ1) is 14.1. The highest BCUT2D eigenvalue weighted by atomic mass is 16.4. The first kappa shape index (κ1) is 20.1. The molecule has 2 heterocycles. The Morgan fingerprint density at radius 1 is 1.17 bits per heavy atom. The molecular formula is C22H28BN3O3. The van der Waals surface area contributed by atoms with Gasteiger partial charge in [-0.05, 0) is 60.0 Å². The number of carbonyl (C=O) groups excluding carboxylic acids is 1. The normalized spacial score (nSPS) is 19.7. The van der Waals surface area contributed by atoms with Crippen LogP contribution in [0.15, 0.2) is 42.5 Å². The summed E-state index contributed by atoms with van der Waals surface area (Å²) in [5, 5.41) is 22.7. The number of nitrogens with zero attached hydrogens (tertiary/aromatic N) is 1. The molecule has 2 aromatic carbocycles. The number of rotatable bonds is 4. The summed E-state index contributed by atoms with van der Waals surface area (Å²) in [6.45, 7) is 2.59. The molecule has 0 aromatic heterocycles. The van der Waals surface area contributed by atoms with Gasteiger partial charge in [-0.15, -0.1) is 0 Å². The quantitative estimate of drug-likeness (QED) is 0.588. The number of amides is 1. The Balaban J connectivity index is 1.51. The number of nitrogens with two attached hydrogens (primary N) is 1. The second-order valence-electron chi connectivity index (χ2n) is 7.99.